The summed E-state index contributed by atoms with van der Waals surface area (Å²) in [6.07, 6.45) is 4.12. The molecule has 0 amide bonds. The normalized spacial score (nSPS) is 10.7. The molecule has 0 aliphatic rings. The van der Waals surface area contributed by atoms with Crippen molar-refractivity contribution in [3.8, 4) is 11.5 Å². The lowest BCUT2D eigenvalue weighted by molar-refractivity contribution is 0.469. The van der Waals surface area contributed by atoms with E-state index in [0.29, 0.717) is 11.5 Å². The van der Waals surface area contributed by atoms with Gasteiger partial charge in [0.15, 0.2) is 0 Å². The van der Waals surface area contributed by atoms with Crippen LogP contribution in [0.5, 0.6) is 11.5 Å². The quantitative estimate of drug-likeness (QED) is 0.796. The fourth-order valence-electron chi connectivity index (χ4n) is 2.28. The highest BCUT2D eigenvalue weighted by atomic mass is 16.3. The lowest BCUT2D eigenvalue weighted by atomic mass is 10.0. The third kappa shape index (κ3) is 3.77. The summed E-state index contributed by atoms with van der Waals surface area (Å²) in [4.78, 5) is 0. The van der Waals surface area contributed by atoms with Crippen molar-refractivity contribution in [2.75, 3.05) is 0 Å². The molecule has 0 atom stereocenters. The molecule has 0 spiro atoms. The third-order valence-corrected chi connectivity index (χ3v) is 3.73. The van der Waals surface area contributed by atoms with E-state index in [2.05, 4.69) is 12.1 Å². The van der Waals surface area contributed by atoms with E-state index in [1.54, 1.807) is 0 Å². The number of unbranched alkanes of at least 4 members (excludes halogenated alkanes) is 1. The SMILES string of the molecule is Cc1ccc(CCCCc2ccc(C)c(O)c2)cc1O. The van der Waals surface area contributed by atoms with Gasteiger partial charge in [-0.05, 0) is 73.9 Å². The van der Waals surface area contributed by atoms with Crippen LogP contribution >= 0.6 is 0 Å². The van der Waals surface area contributed by atoms with Gasteiger partial charge in [0.25, 0.3) is 0 Å². The van der Waals surface area contributed by atoms with Gasteiger partial charge in [0.05, 0.1) is 0 Å². The molecule has 2 heteroatoms. The minimum absolute atomic E-state index is 0.381. The van der Waals surface area contributed by atoms with Crippen LogP contribution in [0.1, 0.15) is 35.1 Å². The molecule has 106 valence electrons. The maximum absolute atomic E-state index is 9.66. The van der Waals surface area contributed by atoms with Crippen molar-refractivity contribution < 1.29 is 10.2 Å². The van der Waals surface area contributed by atoms with Gasteiger partial charge in [-0.2, -0.15) is 0 Å². The molecule has 0 fully saturated rings. The van der Waals surface area contributed by atoms with Crippen LogP contribution in [0.25, 0.3) is 0 Å². The van der Waals surface area contributed by atoms with Crippen molar-refractivity contribution in [3.05, 3.63) is 58.7 Å². The van der Waals surface area contributed by atoms with Gasteiger partial charge in [0, 0.05) is 0 Å². The summed E-state index contributed by atoms with van der Waals surface area (Å²) >= 11 is 0. The van der Waals surface area contributed by atoms with Gasteiger partial charge in [-0.1, -0.05) is 24.3 Å². The number of phenolic OH excluding ortho intramolecular Hbond substituents is 2. The number of hydrogen-bond donors (Lipinski definition) is 2. The average Bonchev–Trinajstić information content (AvgIpc) is 2.42. The van der Waals surface area contributed by atoms with Crippen LogP contribution < -0.4 is 0 Å². The maximum atomic E-state index is 9.66. The Balaban J connectivity index is 1.81. The van der Waals surface area contributed by atoms with Gasteiger partial charge in [-0.25, -0.2) is 0 Å². The van der Waals surface area contributed by atoms with Crippen LogP contribution in [0.4, 0.5) is 0 Å². The molecule has 2 N–H and O–H groups in total. The largest absolute Gasteiger partial charge is 0.508 e. The average molecular weight is 270 g/mol. The highest BCUT2D eigenvalue weighted by Gasteiger charge is 2.01. The van der Waals surface area contributed by atoms with E-state index in [0.717, 1.165) is 36.8 Å². The first-order valence-corrected chi connectivity index (χ1v) is 7.13. The molecule has 0 aliphatic carbocycles. The molecule has 2 aromatic carbocycles. The number of aryl methyl sites for hydroxylation is 4. The van der Waals surface area contributed by atoms with E-state index in [1.807, 2.05) is 38.1 Å². The van der Waals surface area contributed by atoms with Crippen molar-refractivity contribution in [2.45, 2.75) is 39.5 Å². The lowest BCUT2D eigenvalue weighted by Crippen LogP contribution is -1.90. The monoisotopic (exact) mass is 270 g/mol. The van der Waals surface area contributed by atoms with Crippen molar-refractivity contribution in [2.24, 2.45) is 0 Å². The molecule has 0 aromatic heterocycles. The number of phenols is 2. The van der Waals surface area contributed by atoms with Gasteiger partial charge in [-0.3, -0.25) is 0 Å². The van der Waals surface area contributed by atoms with Gasteiger partial charge in [0.1, 0.15) is 11.5 Å². The van der Waals surface area contributed by atoms with Crippen molar-refractivity contribution in [3.63, 3.8) is 0 Å². The first kappa shape index (κ1) is 14.4. The van der Waals surface area contributed by atoms with Gasteiger partial charge < -0.3 is 10.2 Å². The molecular formula is C18H22O2. The molecule has 0 saturated heterocycles. The Bertz CT molecular complexity index is 534. The minimum Gasteiger partial charge on any atom is -0.508 e. The summed E-state index contributed by atoms with van der Waals surface area (Å²) in [6, 6.07) is 11.8. The Morgan fingerprint density at radius 1 is 0.700 bits per heavy atom. The highest BCUT2D eigenvalue weighted by molar-refractivity contribution is 5.36. The van der Waals surface area contributed by atoms with Gasteiger partial charge >= 0.3 is 0 Å². The van der Waals surface area contributed by atoms with Crippen LogP contribution in [0.15, 0.2) is 36.4 Å². The van der Waals surface area contributed by atoms with Gasteiger partial charge in [-0.15, -0.1) is 0 Å². The Hall–Kier alpha value is -1.96. The summed E-state index contributed by atoms with van der Waals surface area (Å²) in [5.74, 6) is 0.761. The highest BCUT2D eigenvalue weighted by Crippen LogP contribution is 2.21. The zero-order chi connectivity index (χ0) is 14.5. The number of hydrogen-bond acceptors (Lipinski definition) is 2. The van der Waals surface area contributed by atoms with E-state index in [4.69, 9.17) is 0 Å². The number of benzene rings is 2. The third-order valence-electron chi connectivity index (χ3n) is 3.73. The predicted molar refractivity (Wildman–Crippen MR) is 82.3 cm³/mol. The maximum Gasteiger partial charge on any atom is 0.118 e. The molecule has 0 bridgehead atoms. The van der Waals surface area contributed by atoms with Crippen LogP contribution in [-0.2, 0) is 12.8 Å². The summed E-state index contributed by atoms with van der Waals surface area (Å²) in [6.45, 7) is 3.81. The van der Waals surface area contributed by atoms with Gasteiger partial charge in [0.2, 0.25) is 0 Å². The summed E-state index contributed by atoms with van der Waals surface area (Å²) < 4.78 is 0. The molecule has 20 heavy (non-hydrogen) atoms. The van der Waals surface area contributed by atoms with Crippen LogP contribution in [-0.4, -0.2) is 10.2 Å². The Labute approximate surface area is 120 Å². The zero-order valence-electron chi connectivity index (χ0n) is 12.2. The van der Waals surface area contributed by atoms with E-state index in [-0.39, 0.29) is 0 Å². The number of rotatable bonds is 5. The van der Waals surface area contributed by atoms with E-state index >= 15 is 0 Å². The smallest absolute Gasteiger partial charge is 0.118 e. The van der Waals surface area contributed by atoms with E-state index in [9.17, 15) is 10.2 Å². The second-order valence-corrected chi connectivity index (χ2v) is 5.45. The Morgan fingerprint density at radius 3 is 1.45 bits per heavy atom. The molecule has 2 nitrogen and oxygen atoms in total. The minimum atomic E-state index is 0.381. The van der Waals surface area contributed by atoms with E-state index < -0.39 is 0 Å². The van der Waals surface area contributed by atoms with Crippen molar-refractivity contribution >= 4 is 0 Å². The summed E-state index contributed by atoms with van der Waals surface area (Å²) in [5.41, 5.74) is 4.20. The topological polar surface area (TPSA) is 40.5 Å². The molecule has 0 saturated carbocycles. The van der Waals surface area contributed by atoms with Crippen molar-refractivity contribution in [1.29, 1.82) is 0 Å². The van der Waals surface area contributed by atoms with Crippen LogP contribution in [0, 0.1) is 13.8 Å². The summed E-state index contributed by atoms with van der Waals surface area (Å²) in [7, 11) is 0. The number of aromatic hydroxyl groups is 2. The molecule has 0 radical (unpaired) electrons. The summed E-state index contributed by atoms with van der Waals surface area (Å²) in [5, 5.41) is 19.3. The molecule has 0 aliphatic heterocycles. The molecule has 2 aromatic rings. The molecule has 0 heterocycles. The first-order chi connectivity index (χ1) is 9.56. The van der Waals surface area contributed by atoms with Crippen molar-refractivity contribution in [1.82, 2.24) is 0 Å². The molecule has 2 rings (SSSR count). The Morgan fingerprint density at radius 2 is 1.10 bits per heavy atom. The molecule has 0 unspecified atom stereocenters. The lowest BCUT2D eigenvalue weighted by Gasteiger charge is -2.06. The standard InChI is InChI=1S/C18H22O2/c1-13-7-9-15(11-17(13)19)5-3-4-6-16-10-8-14(2)18(20)12-16/h7-12,19-20H,3-6H2,1-2H3. The fourth-order valence-corrected chi connectivity index (χ4v) is 2.28. The predicted octanol–water partition coefficient (Wildman–Crippen LogP) is 4.28. The molecular weight excluding hydrogens is 248 g/mol. The second-order valence-electron chi connectivity index (χ2n) is 5.45. The van der Waals surface area contributed by atoms with E-state index in [1.165, 1.54) is 11.1 Å². The second kappa shape index (κ2) is 6.47. The van der Waals surface area contributed by atoms with Crippen LogP contribution in [0.2, 0.25) is 0 Å². The zero-order valence-corrected chi connectivity index (χ0v) is 12.2. The van der Waals surface area contributed by atoms with Crippen LogP contribution in [0.3, 0.4) is 0 Å². The first-order valence-electron chi connectivity index (χ1n) is 7.13. The Kier molecular flexibility index (Phi) is 4.67. The fraction of sp³-hybridized carbons (Fsp3) is 0.333.